The molecule has 1 N–H and O–H groups in total. The predicted octanol–water partition coefficient (Wildman–Crippen LogP) is 4.50. The summed E-state index contributed by atoms with van der Waals surface area (Å²) in [6, 6.07) is 9.73. The molecule has 1 heterocycles. The number of nitro groups is 1. The highest BCUT2D eigenvalue weighted by atomic mass is 35.5. The van der Waals surface area contributed by atoms with E-state index >= 15 is 0 Å². The van der Waals surface area contributed by atoms with E-state index in [1.807, 2.05) is 0 Å². The fourth-order valence-corrected chi connectivity index (χ4v) is 3.01. The van der Waals surface area contributed by atoms with Crippen LogP contribution in [0.1, 0.15) is 27.3 Å². The van der Waals surface area contributed by atoms with E-state index in [2.05, 4.69) is 10.4 Å². The van der Waals surface area contributed by atoms with Gasteiger partial charge in [-0.05, 0) is 38.1 Å². The van der Waals surface area contributed by atoms with Gasteiger partial charge in [0, 0.05) is 28.3 Å². The summed E-state index contributed by atoms with van der Waals surface area (Å²) >= 11 is 6.08. The molecule has 144 valence electrons. The van der Waals surface area contributed by atoms with E-state index in [1.165, 1.54) is 36.4 Å². The largest absolute Gasteiger partial charge is 0.319 e. The number of anilines is 1. The summed E-state index contributed by atoms with van der Waals surface area (Å²) in [5, 5.41) is 18.1. The Balaban J connectivity index is 1.83. The van der Waals surface area contributed by atoms with Crippen molar-refractivity contribution < 1.29 is 14.1 Å². The lowest BCUT2D eigenvalue weighted by Crippen LogP contribution is -2.13. The molecule has 2 aromatic carbocycles. The van der Waals surface area contributed by atoms with E-state index in [-0.39, 0.29) is 17.8 Å². The topological polar surface area (TPSA) is 90.1 Å². The number of benzene rings is 2. The Labute approximate surface area is 164 Å². The fourth-order valence-electron chi connectivity index (χ4n) is 2.79. The molecule has 9 heteroatoms. The summed E-state index contributed by atoms with van der Waals surface area (Å²) in [5.74, 6) is -0.860. The minimum Gasteiger partial charge on any atom is -0.319 e. The number of carbonyl (C=O) groups is 1. The van der Waals surface area contributed by atoms with Gasteiger partial charge in [0.2, 0.25) is 0 Å². The van der Waals surface area contributed by atoms with Crippen LogP contribution in [0.25, 0.3) is 0 Å². The maximum Gasteiger partial charge on any atom is 0.269 e. The molecule has 1 aromatic heterocycles. The minimum absolute atomic E-state index is 0.0986. The zero-order valence-corrected chi connectivity index (χ0v) is 15.8. The lowest BCUT2D eigenvalue weighted by Gasteiger charge is -2.09. The molecule has 0 aliphatic rings. The van der Waals surface area contributed by atoms with Crippen LogP contribution >= 0.6 is 11.6 Å². The van der Waals surface area contributed by atoms with E-state index in [9.17, 15) is 19.3 Å². The highest BCUT2D eigenvalue weighted by Crippen LogP contribution is 2.25. The smallest absolute Gasteiger partial charge is 0.269 e. The Bertz CT molecular complexity index is 1040. The van der Waals surface area contributed by atoms with Crippen molar-refractivity contribution >= 4 is 28.9 Å². The van der Waals surface area contributed by atoms with Gasteiger partial charge in [0.15, 0.2) is 0 Å². The van der Waals surface area contributed by atoms with Crippen molar-refractivity contribution in [2.24, 2.45) is 0 Å². The van der Waals surface area contributed by atoms with Gasteiger partial charge in [0.1, 0.15) is 5.82 Å². The van der Waals surface area contributed by atoms with Gasteiger partial charge in [-0.25, -0.2) is 4.39 Å². The number of aromatic nitrogens is 2. The Kier molecular flexibility index (Phi) is 5.41. The van der Waals surface area contributed by atoms with Crippen molar-refractivity contribution in [2.75, 3.05) is 5.32 Å². The summed E-state index contributed by atoms with van der Waals surface area (Å²) in [6.45, 7) is 3.59. The molecule has 28 heavy (non-hydrogen) atoms. The number of nitrogens with zero attached hydrogens (tertiary/aromatic N) is 3. The zero-order valence-electron chi connectivity index (χ0n) is 15.1. The molecular weight excluding hydrogens is 387 g/mol. The molecule has 3 rings (SSSR count). The lowest BCUT2D eigenvalue weighted by molar-refractivity contribution is -0.384. The molecule has 0 unspecified atom stereocenters. The highest BCUT2D eigenvalue weighted by Gasteiger charge is 2.18. The molecule has 0 spiro atoms. The first-order valence-corrected chi connectivity index (χ1v) is 8.68. The van der Waals surface area contributed by atoms with Crippen LogP contribution in [0.3, 0.4) is 0 Å². The summed E-state index contributed by atoms with van der Waals surface area (Å²) in [6.07, 6.45) is 0. The van der Waals surface area contributed by atoms with E-state index in [1.54, 1.807) is 24.6 Å². The molecule has 0 aliphatic heterocycles. The molecule has 0 saturated carbocycles. The predicted molar refractivity (Wildman–Crippen MR) is 103 cm³/mol. The van der Waals surface area contributed by atoms with Crippen molar-refractivity contribution in [1.29, 1.82) is 0 Å². The van der Waals surface area contributed by atoms with Crippen LogP contribution in [0.2, 0.25) is 5.02 Å². The number of halogens is 2. The Morgan fingerprint density at radius 2 is 1.93 bits per heavy atom. The average molecular weight is 403 g/mol. The molecule has 3 aromatic rings. The second-order valence-electron chi connectivity index (χ2n) is 6.16. The van der Waals surface area contributed by atoms with Gasteiger partial charge in [0.25, 0.3) is 11.6 Å². The molecule has 7 nitrogen and oxygen atoms in total. The van der Waals surface area contributed by atoms with Crippen LogP contribution in [-0.2, 0) is 6.54 Å². The lowest BCUT2D eigenvalue weighted by atomic mass is 10.2. The van der Waals surface area contributed by atoms with Crippen molar-refractivity contribution in [3.8, 4) is 0 Å². The van der Waals surface area contributed by atoms with Crippen molar-refractivity contribution in [3.05, 3.63) is 85.9 Å². The SMILES string of the molecule is Cc1nn(Cc2c(F)cccc2Cl)c(C)c1NC(=O)c1ccc([N+](=O)[O-])cc1. The van der Waals surface area contributed by atoms with E-state index in [0.29, 0.717) is 27.7 Å². The first kappa shape index (κ1) is 19.5. The Morgan fingerprint density at radius 3 is 2.54 bits per heavy atom. The first-order valence-electron chi connectivity index (χ1n) is 8.30. The van der Waals surface area contributed by atoms with Crippen molar-refractivity contribution in [3.63, 3.8) is 0 Å². The molecule has 0 atom stereocenters. The van der Waals surface area contributed by atoms with Crippen LogP contribution in [0.15, 0.2) is 42.5 Å². The fraction of sp³-hybridized carbons (Fsp3) is 0.158. The second kappa shape index (κ2) is 7.77. The van der Waals surface area contributed by atoms with Crippen LogP contribution in [0, 0.1) is 29.8 Å². The molecule has 0 saturated heterocycles. The molecular formula is C19H16ClFN4O3. The van der Waals surface area contributed by atoms with Crippen molar-refractivity contribution in [1.82, 2.24) is 9.78 Å². The monoisotopic (exact) mass is 402 g/mol. The number of amides is 1. The number of carbonyl (C=O) groups excluding carboxylic acids is 1. The van der Waals surface area contributed by atoms with Gasteiger partial charge >= 0.3 is 0 Å². The molecule has 0 fully saturated rings. The Morgan fingerprint density at radius 1 is 1.25 bits per heavy atom. The van der Waals surface area contributed by atoms with Gasteiger partial charge in [-0.3, -0.25) is 19.6 Å². The standard InChI is InChI=1S/C19H16ClFN4O3/c1-11-18(22-19(26)13-6-8-14(9-7-13)25(27)28)12(2)24(23-11)10-15-16(20)4-3-5-17(15)21/h3-9H,10H2,1-2H3,(H,22,26). The summed E-state index contributed by atoms with van der Waals surface area (Å²) in [5.41, 5.74) is 2.17. The third kappa shape index (κ3) is 3.86. The number of aryl methyl sites for hydroxylation is 1. The number of rotatable bonds is 5. The normalized spacial score (nSPS) is 10.7. The van der Waals surface area contributed by atoms with E-state index in [4.69, 9.17) is 11.6 Å². The Hall–Kier alpha value is -3.26. The number of nitrogens with one attached hydrogen (secondary N) is 1. The number of hydrogen-bond donors (Lipinski definition) is 1. The van der Waals surface area contributed by atoms with Crippen LogP contribution in [-0.4, -0.2) is 20.6 Å². The highest BCUT2D eigenvalue weighted by molar-refractivity contribution is 6.31. The summed E-state index contributed by atoms with van der Waals surface area (Å²) < 4.78 is 15.6. The number of nitro benzene ring substituents is 1. The maximum absolute atomic E-state index is 14.1. The molecule has 0 radical (unpaired) electrons. The number of non-ortho nitro benzene ring substituents is 1. The molecule has 1 amide bonds. The third-order valence-electron chi connectivity index (χ3n) is 4.33. The van der Waals surface area contributed by atoms with Gasteiger partial charge in [-0.2, -0.15) is 5.10 Å². The van der Waals surface area contributed by atoms with Gasteiger partial charge in [0.05, 0.1) is 28.5 Å². The van der Waals surface area contributed by atoms with Crippen LogP contribution in [0.5, 0.6) is 0 Å². The zero-order chi connectivity index (χ0) is 20.4. The van der Waals surface area contributed by atoms with E-state index in [0.717, 1.165) is 0 Å². The minimum atomic E-state index is -0.534. The second-order valence-corrected chi connectivity index (χ2v) is 6.57. The van der Waals surface area contributed by atoms with E-state index < -0.39 is 16.6 Å². The molecule has 0 bridgehead atoms. The quantitative estimate of drug-likeness (QED) is 0.502. The van der Waals surface area contributed by atoms with Crippen molar-refractivity contribution in [2.45, 2.75) is 20.4 Å². The first-order chi connectivity index (χ1) is 13.3. The summed E-state index contributed by atoms with van der Waals surface area (Å²) in [4.78, 5) is 22.7. The average Bonchev–Trinajstić information content (AvgIpc) is 2.92. The van der Waals surface area contributed by atoms with Crippen LogP contribution < -0.4 is 5.32 Å². The van der Waals surface area contributed by atoms with Gasteiger partial charge in [-0.15, -0.1) is 0 Å². The maximum atomic E-state index is 14.1. The van der Waals surface area contributed by atoms with Gasteiger partial charge < -0.3 is 5.32 Å². The third-order valence-corrected chi connectivity index (χ3v) is 4.68. The summed E-state index contributed by atoms with van der Waals surface area (Å²) in [7, 11) is 0. The van der Waals surface area contributed by atoms with Gasteiger partial charge in [-0.1, -0.05) is 17.7 Å². The molecule has 0 aliphatic carbocycles. The number of hydrogen-bond acceptors (Lipinski definition) is 4. The van der Waals surface area contributed by atoms with Crippen LogP contribution in [0.4, 0.5) is 15.8 Å².